The van der Waals surface area contributed by atoms with Crippen molar-refractivity contribution in [2.24, 2.45) is 10.8 Å². The predicted octanol–water partition coefficient (Wildman–Crippen LogP) is 7.56. The second-order valence-corrected chi connectivity index (χ2v) is 11.1. The molecule has 2 spiro atoms. The van der Waals surface area contributed by atoms with Crippen LogP contribution in [-0.4, -0.2) is 24.0 Å². The molecule has 1 heterocycles. The molecule has 3 aliphatic carbocycles. The molecule has 0 aromatic heterocycles. The number of benzene rings is 1. The van der Waals surface area contributed by atoms with Gasteiger partial charge < -0.3 is 0 Å². The Morgan fingerprint density at radius 2 is 1.27 bits per heavy atom. The van der Waals surface area contributed by atoms with Crippen molar-refractivity contribution >= 4 is 0 Å². The quantitative estimate of drug-likeness (QED) is 0.478. The highest BCUT2D eigenvalue weighted by molar-refractivity contribution is 5.29. The number of halogens is 3. The predicted molar refractivity (Wildman–Crippen MR) is 114 cm³/mol. The minimum atomic E-state index is -4.25. The van der Waals surface area contributed by atoms with Gasteiger partial charge in [-0.25, -0.2) is 0 Å². The summed E-state index contributed by atoms with van der Waals surface area (Å²) in [5.74, 6) is 0.385. The van der Waals surface area contributed by atoms with Gasteiger partial charge in [0.1, 0.15) is 0 Å². The molecule has 1 aliphatic heterocycles. The summed E-state index contributed by atoms with van der Waals surface area (Å²) in [5, 5.41) is 0. The third-order valence-corrected chi connectivity index (χ3v) is 9.02. The Morgan fingerprint density at radius 1 is 0.733 bits per heavy atom. The number of piperidine rings is 1. The van der Waals surface area contributed by atoms with E-state index in [1.165, 1.54) is 102 Å². The number of hydrogen-bond acceptors (Lipinski definition) is 1. The Morgan fingerprint density at radius 3 is 1.80 bits per heavy atom. The van der Waals surface area contributed by atoms with Gasteiger partial charge in [0.15, 0.2) is 0 Å². The molecular weight excluding hydrogens is 383 g/mol. The van der Waals surface area contributed by atoms with Crippen LogP contribution in [0.3, 0.4) is 0 Å². The van der Waals surface area contributed by atoms with E-state index in [0.717, 1.165) is 12.0 Å². The summed E-state index contributed by atoms with van der Waals surface area (Å²) in [6.07, 6.45) is 13.1. The molecule has 30 heavy (non-hydrogen) atoms. The lowest BCUT2D eigenvalue weighted by Gasteiger charge is -2.54. The normalized spacial score (nSPS) is 31.6. The molecule has 0 amide bonds. The van der Waals surface area contributed by atoms with Crippen LogP contribution in [0.4, 0.5) is 13.2 Å². The highest BCUT2D eigenvalue weighted by atomic mass is 19.4. The van der Waals surface area contributed by atoms with Gasteiger partial charge in [0, 0.05) is 19.1 Å². The Balaban J connectivity index is 1.41. The van der Waals surface area contributed by atoms with Crippen molar-refractivity contribution in [2.45, 2.75) is 102 Å². The summed E-state index contributed by atoms with van der Waals surface area (Å²) in [7, 11) is 0. The lowest BCUT2D eigenvalue weighted by molar-refractivity contribution is -0.137. The van der Waals surface area contributed by atoms with Crippen LogP contribution in [0, 0.1) is 10.8 Å². The molecule has 4 aliphatic rings. The third kappa shape index (κ3) is 3.94. The minimum Gasteiger partial charge on any atom is -0.299 e. The number of nitrogens with zero attached hydrogens (tertiary/aromatic N) is 1. The highest BCUT2D eigenvalue weighted by Gasteiger charge is 2.51. The number of rotatable bonds is 2. The van der Waals surface area contributed by atoms with E-state index in [2.05, 4.69) is 4.90 Å². The second kappa shape index (κ2) is 7.83. The lowest BCUT2D eigenvalue weighted by atomic mass is 9.64. The Labute approximate surface area is 179 Å². The van der Waals surface area contributed by atoms with Crippen LogP contribution in [0.15, 0.2) is 24.3 Å². The van der Waals surface area contributed by atoms with Crippen LogP contribution in [0.5, 0.6) is 0 Å². The van der Waals surface area contributed by atoms with Crippen LogP contribution in [-0.2, 0) is 6.18 Å². The van der Waals surface area contributed by atoms with Crippen molar-refractivity contribution < 1.29 is 13.2 Å². The van der Waals surface area contributed by atoms with Gasteiger partial charge in [0.2, 0.25) is 0 Å². The van der Waals surface area contributed by atoms with E-state index in [9.17, 15) is 13.2 Å². The van der Waals surface area contributed by atoms with Gasteiger partial charge in [-0.05, 0) is 79.4 Å². The van der Waals surface area contributed by atoms with E-state index in [0.29, 0.717) is 22.8 Å². The molecular formula is C26H36F3N. The first-order chi connectivity index (χ1) is 14.4. The van der Waals surface area contributed by atoms with Crippen molar-refractivity contribution in [1.82, 2.24) is 4.90 Å². The zero-order valence-electron chi connectivity index (χ0n) is 18.2. The van der Waals surface area contributed by atoms with Crippen molar-refractivity contribution in [1.29, 1.82) is 0 Å². The third-order valence-electron chi connectivity index (χ3n) is 9.02. The van der Waals surface area contributed by atoms with Gasteiger partial charge in [-0.15, -0.1) is 0 Å². The molecule has 0 N–H and O–H groups in total. The first kappa shape index (κ1) is 20.8. The SMILES string of the molecule is FC(F)(F)c1ccc([C@@H]2CCCC[C@H]2N2CC3(CCCC3)CC3(CCCC3)C2)cc1. The summed E-state index contributed by atoms with van der Waals surface area (Å²) in [5.41, 5.74) is 1.64. The minimum absolute atomic E-state index is 0.385. The maximum atomic E-state index is 13.1. The van der Waals surface area contributed by atoms with Crippen LogP contribution in [0.25, 0.3) is 0 Å². The van der Waals surface area contributed by atoms with Crippen LogP contribution >= 0.6 is 0 Å². The number of hydrogen-bond donors (Lipinski definition) is 0. The zero-order valence-corrected chi connectivity index (χ0v) is 18.2. The molecule has 5 rings (SSSR count). The monoisotopic (exact) mass is 419 g/mol. The Bertz CT molecular complexity index is 702. The van der Waals surface area contributed by atoms with Crippen molar-refractivity contribution in [3.63, 3.8) is 0 Å². The summed E-state index contributed by atoms with van der Waals surface area (Å²) in [6, 6.07) is 6.65. The van der Waals surface area contributed by atoms with Crippen molar-refractivity contribution in [3.8, 4) is 0 Å². The molecule has 1 saturated heterocycles. The molecule has 1 aromatic rings. The van der Waals surface area contributed by atoms with Gasteiger partial charge in [-0.2, -0.15) is 13.2 Å². The Kier molecular flexibility index (Phi) is 5.44. The van der Waals surface area contributed by atoms with E-state index in [4.69, 9.17) is 0 Å². The molecule has 1 aromatic carbocycles. The first-order valence-electron chi connectivity index (χ1n) is 12.3. The molecule has 4 fully saturated rings. The summed E-state index contributed by atoms with van der Waals surface area (Å²) < 4.78 is 39.2. The maximum absolute atomic E-state index is 13.1. The maximum Gasteiger partial charge on any atom is 0.416 e. The lowest BCUT2D eigenvalue weighted by Crippen LogP contribution is -2.56. The molecule has 4 heteroatoms. The molecule has 1 nitrogen and oxygen atoms in total. The van der Waals surface area contributed by atoms with Gasteiger partial charge in [0.05, 0.1) is 5.56 Å². The summed E-state index contributed by atoms with van der Waals surface area (Å²) in [4.78, 5) is 2.85. The zero-order chi connectivity index (χ0) is 20.8. The molecule has 0 unspecified atom stereocenters. The fraction of sp³-hybridized carbons (Fsp3) is 0.769. The molecule has 166 valence electrons. The molecule has 2 atom stereocenters. The first-order valence-corrected chi connectivity index (χ1v) is 12.3. The van der Waals surface area contributed by atoms with Crippen LogP contribution < -0.4 is 0 Å². The summed E-state index contributed by atoms with van der Waals surface area (Å²) >= 11 is 0. The van der Waals surface area contributed by atoms with E-state index in [1.54, 1.807) is 12.1 Å². The molecule has 0 bridgehead atoms. The Hall–Kier alpha value is -1.03. The second-order valence-electron chi connectivity index (χ2n) is 11.1. The average Bonchev–Trinajstić information content (AvgIpc) is 3.37. The molecule has 3 saturated carbocycles. The van der Waals surface area contributed by atoms with Gasteiger partial charge in [0.25, 0.3) is 0 Å². The fourth-order valence-electron chi connectivity index (χ4n) is 7.84. The largest absolute Gasteiger partial charge is 0.416 e. The van der Waals surface area contributed by atoms with E-state index < -0.39 is 11.7 Å². The van der Waals surface area contributed by atoms with E-state index in [1.807, 2.05) is 0 Å². The number of likely N-dealkylation sites (tertiary alicyclic amines) is 1. The topological polar surface area (TPSA) is 3.24 Å². The van der Waals surface area contributed by atoms with Gasteiger partial charge >= 0.3 is 6.18 Å². The molecule has 0 radical (unpaired) electrons. The van der Waals surface area contributed by atoms with Crippen LogP contribution in [0.1, 0.15) is 101 Å². The van der Waals surface area contributed by atoms with Crippen molar-refractivity contribution in [2.75, 3.05) is 13.1 Å². The summed E-state index contributed by atoms with van der Waals surface area (Å²) in [6.45, 7) is 2.47. The standard InChI is InChI=1S/C26H36F3N/c27-26(28,29)21-11-9-20(10-12-21)22-7-1-2-8-23(22)30-18-24(13-3-4-14-24)17-25(19-30)15-5-6-16-25/h9-12,22-23H,1-8,13-19H2/t22-,23+/m0/s1. The smallest absolute Gasteiger partial charge is 0.299 e. The van der Waals surface area contributed by atoms with Crippen LogP contribution in [0.2, 0.25) is 0 Å². The fourth-order valence-corrected chi connectivity index (χ4v) is 7.84. The average molecular weight is 420 g/mol. The van der Waals surface area contributed by atoms with E-state index in [-0.39, 0.29) is 0 Å². The van der Waals surface area contributed by atoms with E-state index >= 15 is 0 Å². The van der Waals surface area contributed by atoms with Gasteiger partial charge in [-0.3, -0.25) is 4.90 Å². The van der Waals surface area contributed by atoms with Crippen molar-refractivity contribution in [3.05, 3.63) is 35.4 Å². The highest BCUT2D eigenvalue weighted by Crippen LogP contribution is 2.57. The van der Waals surface area contributed by atoms with Gasteiger partial charge in [-0.1, -0.05) is 50.7 Å². The number of alkyl halides is 3.